The van der Waals surface area contributed by atoms with E-state index in [1.807, 2.05) is 32.9 Å². The summed E-state index contributed by atoms with van der Waals surface area (Å²) in [4.78, 5) is 13.9. The molecule has 0 aromatic rings. The number of allylic oxidation sites excluding steroid dienone is 2. The maximum Gasteiger partial charge on any atom is 0.316 e. The minimum atomic E-state index is -1.80. The first kappa shape index (κ1) is 31.6. The molecule has 9 nitrogen and oxygen atoms in total. The van der Waals surface area contributed by atoms with E-state index in [-0.39, 0.29) is 43.3 Å². The summed E-state index contributed by atoms with van der Waals surface area (Å²) in [5.74, 6) is -3.03. The monoisotopic (exact) mass is 588 g/mol. The van der Waals surface area contributed by atoms with Crippen molar-refractivity contribution in [1.82, 2.24) is 0 Å². The van der Waals surface area contributed by atoms with Crippen LogP contribution in [-0.4, -0.2) is 87.1 Å². The number of aliphatic hydroxyl groups excluding tert-OH is 3. The van der Waals surface area contributed by atoms with Gasteiger partial charge in [0.25, 0.3) is 0 Å². The number of rotatable bonds is 1. The zero-order valence-corrected chi connectivity index (χ0v) is 25.6. The Hall–Kier alpha value is -1.85. The summed E-state index contributed by atoms with van der Waals surface area (Å²) < 4.78 is 25.3. The molecule has 0 saturated carbocycles. The van der Waals surface area contributed by atoms with Gasteiger partial charge in [-0.2, -0.15) is 0 Å². The molecular formula is C33H48O9. The van der Waals surface area contributed by atoms with Crippen LogP contribution in [0, 0.1) is 23.7 Å². The number of fused-ring (bicyclic) bond motifs is 2. The Morgan fingerprint density at radius 2 is 1.74 bits per heavy atom. The van der Waals surface area contributed by atoms with Crippen molar-refractivity contribution in [2.24, 2.45) is 23.7 Å². The van der Waals surface area contributed by atoms with Crippen LogP contribution in [0.2, 0.25) is 0 Å². The number of carbonyl (C=O) groups is 1. The zero-order valence-electron chi connectivity index (χ0n) is 25.6. The van der Waals surface area contributed by atoms with E-state index in [1.165, 1.54) is 0 Å². The van der Waals surface area contributed by atoms with Gasteiger partial charge in [-0.15, -0.1) is 0 Å². The van der Waals surface area contributed by atoms with Crippen molar-refractivity contribution < 1.29 is 44.2 Å². The predicted molar refractivity (Wildman–Crippen MR) is 155 cm³/mol. The molecule has 0 radical (unpaired) electrons. The van der Waals surface area contributed by atoms with Crippen molar-refractivity contribution in [3.63, 3.8) is 0 Å². The fourth-order valence-corrected chi connectivity index (χ4v) is 7.45. The number of hydrogen-bond acceptors (Lipinski definition) is 9. The van der Waals surface area contributed by atoms with Gasteiger partial charge in [-0.05, 0) is 42.9 Å². The normalized spacial score (nSPS) is 49.8. The fraction of sp³-hybridized carbons (Fsp3) is 0.727. The predicted octanol–water partition coefficient (Wildman–Crippen LogP) is 3.11. The molecule has 4 aliphatic heterocycles. The first-order chi connectivity index (χ1) is 19.8. The smallest absolute Gasteiger partial charge is 0.316 e. The van der Waals surface area contributed by atoms with Gasteiger partial charge < -0.3 is 39.4 Å². The Labute approximate surface area is 248 Å². The van der Waals surface area contributed by atoms with Gasteiger partial charge in [0.15, 0.2) is 5.79 Å². The SMILES string of the molecule is CC1=C[C@H]2C(=O)O[C@H]3C[C@@H](C/C=C(\C)[C@@H](O)[C@@H](C)/C=C/C=C4\CO[C@H]([C@@H]1O)[C@@]42O)O[C@]1(C3)C[C@H](O)[C@H](C)[C@@H](C(C)C)O1. The zero-order chi connectivity index (χ0) is 30.6. The summed E-state index contributed by atoms with van der Waals surface area (Å²) in [6, 6.07) is 0. The van der Waals surface area contributed by atoms with Crippen molar-refractivity contribution >= 4 is 5.97 Å². The quantitative estimate of drug-likeness (QED) is 0.269. The highest BCUT2D eigenvalue weighted by Gasteiger charge is 2.60. The van der Waals surface area contributed by atoms with Crippen molar-refractivity contribution in [3.05, 3.63) is 47.1 Å². The molecule has 5 rings (SSSR count). The topological polar surface area (TPSA) is 135 Å². The molecule has 3 saturated heterocycles. The third-order valence-electron chi connectivity index (χ3n) is 10.0. The van der Waals surface area contributed by atoms with E-state index in [2.05, 4.69) is 13.8 Å². The number of carbonyl (C=O) groups excluding carboxylic acids is 1. The van der Waals surface area contributed by atoms with Crippen LogP contribution < -0.4 is 0 Å². The average molecular weight is 589 g/mol. The van der Waals surface area contributed by atoms with Crippen LogP contribution in [0.1, 0.15) is 67.2 Å². The number of esters is 1. The summed E-state index contributed by atoms with van der Waals surface area (Å²) in [6.45, 7) is 11.6. The molecular weight excluding hydrogens is 540 g/mol. The molecule has 12 atom stereocenters. The molecule has 9 heteroatoms. The number of hydrogen-bond donors (Lipinski definition) is 4. The Bertz CT molecular complexity index is 1160. The molecule has 0 aromatic carbocycles. The maximum atomic E-state index is 13.9. The molecule has 4 N–H and O–H groups in total. The minimum Gasteiger partial charge on any atom is -0.462 e. The molecule has 3 fully saturated rings. The molecule has 2 bridgehead atoms. The summed E-state index contributed by atoms with van der Waals surface area (Å²) in [7, 11) is 0. The lowest BCUT2D eigenvalue weighted by atomic mass is 9.71. The Morgan fingerprint density at radius 1 is 1.00 bits per heavy atom. The van der Waals surface area contributed by atoms with Gasteiger partial charge in [-0.3, -0.25) is 4.79 Å². The van der Waals surface area contributed by atoms with Gasteiger partial charge in [0.2, 0.25) is 0 Å². The van der Waals surface area contributed by atoms with Crippen LogP contribution in [0.25, 0.3) is 0 Å². The van der Waals surface area contributed by atoms with Crippen molar-refractivity contribution in [3.8, 4) is 0 Å². The average Bonchev–Trinajstić information content (AvgIpc) is 3.27. The van der Waals surface area contributed by atoms with E-state index in [9.17, 15) is 25.2 Å². The lowest BCUT2D eigenvalue weighted by molar-refractivity contribution is -0.353. The third kappa shape index (κ3) is 5.70. The summed E-state index contributed by atoms with van der Waals surface area (Å²) in [6.07, 6.45) is 5.48. The first-order valence-corrected chi connectivity index (χ1v) is 15.4. The first-order valence-electron chi connectivity index (χ1n) is 15.4. The van der Waals surface area contributed by atoms with Crippen molar-refractivity contribution in [2.75, 3.05) is 6.61 Å². The minimum absolute atomic E-state index is 0.0479. The lowest BCUT2D eigenvalue weighted by Crippen LogP contribution is -2.60. The summed E-state index contributed by atoms with van der Waals surface area (Å²) in [5.41, 5.74) is -0.0131. The highest BCUT2D eigenvalue weighted by molar-refractivity contribution is 5.78. The molecule has 0 amide bonds. The molecule has 4 heterocycles. The van der Waals surface area contributed by atoms with Crippen LogP contribution in [0.4, 0.5) is 0 Å². The molecule has 0 unspecified atom stereocenters. The molecule has 42 heavy (non-hydrogen) atoms. The van der Waals surface area contributed by atoms with Crippen LogP contribution in [0.15, 0.2) is 47.1 Å². The molecule has 5 aliphatic rings. The standard InChI is InChI=1S/C33H48O9/c1-17(2)29-21(6)26(34)15-32(42-29)14-24-13-23(41-32)11-10-19(4)27(35)18(3)8-7-9-22-16-39-30-28(36)20(5)12-25(31(37)40-24)33(22,30)38/h7-10,12,17-18,21,23-30,34-36,38H,11,13-16H2,1-6H3/b8-7+,19-10+,22-9+/t18-,21-,23+,24-,25-,26-,27-,28+,29+,30+,32-,33+/m0/s1. The second-order valence-electron chi connectivity index (χ2n) is 13.6. The van der Waals surface area contributed by atoms with E-state index in [1.54, 1.807) is 25.2 Å². The van der Waals surface area contributed by atoms with Crippen molar-refractivity contribution in [1.29, 1.82) is 0 Å². The Balaban J connectivity index is 1.55. The van der Waals surface area contributed by atoms with E-state index in [0.29, 0.717) is 24.0 Å². The van der Waals surface area contributed by atoms with Crippen LogP contribution in [-0.2, 0) is 23.7 Å². The highest BCUT2D eigenvalue weighted by atomic mass is 16.7. The third-order valence-corrected chi connectivity index (χ3v) is 10.0. The second kappa shape index (κ2) is 11.9. The van der Waals surface area contributed by atoms with Crippen molar-refractivity contribution in [2.45, 2.75) is 121 Å². The van der Waals surface area contributed by atoms with Gasteiger partial charge in [0, 0.05) is 31.1 Å². The van der Waals surface area contributed by atoms with E-state index >= 15 is 0 Å². The summed E-state index contributed by atoms with van der Waals surface area (Å²) >= 11 is 0. The van der Waals surface area contributed by atoms with Gasteiger partial charge in [-0.1, -0.05) is 58.1 Å². The molecule has 0 aromatic heterocycles. The second-order valence-corrected chi connectivity index (χ2v) is 13.6. The molecule has 1 aliphatic carbocycles. The van der Waals surface area contributed by atoms with Gasteiger partial charge in [0.1, 0.15) is 29.8 Å². The van der Waals surface area contributed by atoms with E-state index in [0.717, 1.165) is 5.57 Å². The van der Waals surface area contributed by atoms with E-state index < -0.39 is 59.9 Å². The van der Waals surface area contributed by atoms with E-state index in [4.69, 9.17) is 18.9 Å². The molecule has 234 valence electrons. The summed E-state index contributed by atoms with van der Waals surface area (Å²) in [5, 5.41) is 45.1. The Kier molecular flexibility index (Phi) is 8.96. The van der Waals surface area contributed by atoms with Gasteiger partial charge in [0.05, 0.1) is 31.0 Å². The highest BCUT2D eigenvalue weighted by Crippen LogP contribution is 2.47. The number of aliphatic hydroxyl groups is 4. The van der Waals surface area contributed by atoms with Crippen LogP contribution >= 0.6 is 0 Å². The van der Waals surface area contributed by atoms with Gasteiger partial charge in [-0.25, -0.2) is 0 Å². The Morgan fingerprint density at radius 3 is 2.45 bits per heavy atom. The molecule has 1 spiro atoms. The van der Waals surface area contributed by atoms with Crippen LogP contribution in [0.3, 0.4) is 0 Å². The largest absolute Gasteiger partial charge is 0.462 e. The van der Waals surface area contributed by atoms with Crippen LogP contribution in [0.5, 0.6) is 0 Å². The fourth-order valence-electron chi connectivity index (χ4n) is 7.45. The number of ether oxygens (including phenoxy) is 4. The van der Waals surface area contributed by atoms with Gasteiger partial charge >= 0.3 is 5.97 Å². The lowest BCUT2D eigenvalue weighted by Gasteiger charge is -2.52. The maximum absolute atomic E-state index is 13.9.